The lowest BCUT2D eigenvalue weighted by atomic mass is 10.2. The zero-order valence-corrected chi connectivity index (χ0v) is 18.0. The molecule has 0 saturated carbocycles. The first kappa shape index (κ1) is 21.8. The van der Waals surface area contributed by atoms with E-state index in [1.165, 1.54) is 10.5 Å². The van der Waals surface area contributed by atoms with E-state index in [9.17, 15) is 22.4 Å². The Morgan fingerprint density at radius 2 is 2.07 bits per heavy atom. The highest BCUT2D eigenvalue weighted by atomic mass is 79.9. The molecule has 1 amide bonds. The Hall–Kier alpha value is -1.93. The molecule has 2 aromatic rings. The summed E-state index contributed by atoms with van der Waals surface area (Å²) in [6, 6.07) is 2.85. The maximum atomic E-state index is 14.1. The third-order valence-electron chi connectivity index (χ3n) is 3.82. The minimum Gasteiger partial charge on any atom is -0.452 e. The summed E-state index contributed by atoms with van der Waals surface area (Å²) in [7, 11) is -3.92. The number of benzene rings is 1. The first-order chi connectivity index (χ1) is 13.8. The fourth-order valence-electron chi connectivity index (χ4n) is 2.43. The van der Waals surface area contributed by atoms with Crippen LogP contribution in [0.5, 0.6) is 0 Å². The van der Waals surface area contributed by atoms with E-state index in [-0.39, 0.29) is 31.2 Å². The second-order valence-corrected chi connectivity index (χ2v) is 10.1. The molecule has 0 unspecified atom stereocenters. The summed E-state index contributed by atoms with van der Waals surface area (Å²) >= 11 is 4.35. The summed E-state index contributed by atoms with van der Waals surface area (Å²) in [6.07, 6.45) is 1.49. The van der Waals surface area contributed by atoms with Crippen molar-refractivity contribution < 1.29 is 31.9 Å². The number of rotatable bonds is 6. The minimum absolute atomic E-state index is 0.159. The fourth-order valence-corrected chi connectivity index (χ4v) is 4.99. The molecular weight excluding hydrogens is 493 g/mol. The lowest BCUT2D eigenvalue weighted by molar-refractivity contribution is -0.119. The van der Waals surface area contributed by atoms with E-state index in [0.717, 1.165) is 29.5 Å². The lowest BCUT2D eigenvalue weighted by Gasteiger charge is -2.26. The molecule has 1 N–H and O–H groups in total. The molecular formula is C16H15BrFN3O6S2. The van der Waals surface area contributed by atoms with E-state index < -0.39 is 39.9 Å². The van der Waals surface area contributed by atoms with Gasteiger partial charge in [-0.1, -0.05) is 11.3 Å². The number of thiazole rings is 1. The molecule has 13 heteroatoms. The van der Waals surface area contributed by atoms with Gasteiger partial charge in [0, 0.05) is 13.1 Å². The third kappa shape index (κ3) is 5.36. The zero-order valence-electron chi connectivity index (χ0n) is 14.8. The van der Waals surface area contributed by atoms with Crippen LogP contribution in [0, 0.1) is 5.82 Å². The molecule has 0 atom stereocenters. The highest BCUT2D eigenvalue weighted by Crippen LogP contribution is 2.23. The van der Waals surface area contributed by atoms with Gasteiger partial charge in [-0.05, 0) is 34.1 Å². The molecule has 1 aliphatic rings. The molecule has 0 radical (unpaired) electrons. The van der Waals surface area contributed by atoms with Gasteiger partial charge in [0.15, 0.2) is 11.7 Å². The number of aromatic nitrogens is 1. The van der Waals surface area contributed by atoms with Crippen LogP contribution >= 0.6 is 27.3 Å². The monoisotopic (exact) mass is 507 g/mol. The van der Waals surface area contributed by atoms with Gasteiger partial charge >= 0.3 is 5.97 Å². The number of halogens is 2. The molecule has 1 saturated heterocycles. The van der Waals surface area contributed by atoms with Crippen LogP contribution in [0.2, 0.25) is 0 Å². The van der Waals surface area contributed by atoms with Crippen LogP contribution in [0.3, 0.4) is 0 Å². The second-order valence-electron chi connectivity index (χ2n) is 5.75. The molecule has 0 aliphatic carbocycles. The maximum Gasteiger partial charge on any atom is 0.341 e. The average molecular weight is 508 g/mol. The normalized spacial score (nSPS) is 15.1. The Morgan fingerprint density at radius 1 is 1.34 bits per heavy atom. The molecule has 9 nitrogen and oxygen atoms in total. The van der Waals surface area contributed by atoms with Gasteiger partial charge < -0.3 is 9.47 Å². The standard InChI is InChI=1S/C16H15BrFN3O6S2/c17-13-8-19-16(28-13)20-14(22)9-27-15(23)11-7-10(1-2-12(11)18)29(24,25)21-3-5-26-6-4-21/h1-2,7-8H,3-6,9H2,(H,19,20,22). The maximum absolute atomic E-state index is 14.1. The first-order valence-electron chi connectivity index (χ1n) is 8.23. The topological polar surface area (TPSA) is 115 Å². The minimum atomic E-state index is -3.92. The van der Waals surface area contributed by atoms with Gasteiger partial charge in [0.2, 0.25) is 10.0 Å². The first-order valence-corrected chi connectivity index (χ1v) is 11.3. The summed E-state index contributed by atoms with van der Waals surface area (Å²) in [5.41, 5.74) is -0.580. The predicted molar refractivity (Wildman–Crippen MR) is 105 cm³/mol. The van der Waals surface area contributed by atoms with E-state index in [1.807, 2.05) is 0 Å². The number of hydrogen-bond acceptors (Lipinski definition) is 8. The van der Waals surface area contributed by atoms with E-state index in [4.69, 9.17) is 9.47 Å². The van der Waals surface area contributed by atoms with Gasteiger partial charge in [-0.3, -0.25) is 10.1 Å². The Bertz CT molecular complexity index is 1020. The number of hydrogen-bond donors (Lipinski definition) is 1. The van der Waals surface area contributed by atoms with Crippen molar-refractivity contribution in [3.63, 3.8) is 0 Å². The van der Waals surface area contributed by atoms with Crippen molar-refractivity contribution in [3.8, 4) is 0 Å². The largest absolute Gasteiger partial charge is 0.452 e. The Balaban J connectivity index is 1.68. The van der Waals surface area contributed by atoms with Gasteiger partial charge in [-0.25, -0.2) is 22.6 Å². The molecule has 0 bridgehead atoms. The SMILES string of the molecule is O=C(COC(=O)c1cc(S(=O)(=O)N2CCOCC2)ccc1F)Nc1ncc(Br)s1. The van der Waals surface area contributed by atoms with Crippen molar-refractivity contribution in [2.75, 3.05) is 38.2 Å². The molecule has 1 fully saturated rings. The predicted octanol–water partition coefficient (Wildman–Crippen LogP) is 1.86. The van der Waals surface area contributed by atoms with Crippen molar-refractivity contribution in [1.82, 2.24) is 9.29 Å². The number of nitrogens with one attached hydrogen (secondary N) is 1. The van der Waals surface area contributed by atoms with Crippen LogP contribution < -0.4 is 5.32 Å². The van der Waals surface area contributed by atoms with Crippen molar-refractivity contribution >= 4 is 54.3 Å². The van der Waals surface area contributed by atoms with Crippen molar-refractivity contribution in [3.05, 3.63) is 39.6 Å². The van der Waals surface area contributed by atoms with E-state index in [1.54, 1.807) is 0 Å². The number of carbonyl (C=O) groups excluding carboxylic acids is 2. The van der Waals surface area contributed by atoms with Crippen LogP contribution in [0.4, 0.5) is 9.52 Å². The average Bonchev–Trinajstić information content (AvgIpc) is 3.11. The van der Waals surface area contributed by atoms with Crippen LogP contribution in [-0.2, 0) is 24.3 Å². The number of anilines is 1. The molecule has 3 rings (SSSR count). The van der Waals surface area contributed by atoms with Gasteiger partial charge in [-0.2, -0.15) is 4.31 Å². The van der Waals surface area contributed by atoms with Crippen LogP contribution in [0.25, 0.3) is 0 Å². The third-order valence-corrected chi connectivity index (χ3v) is 7.11. The molecule has 2 heterocycles. The summed E-state index contributed by atoms with van der Waals surface area (Å²) in [5.74, 6) is -2.78. The molecule has 1 aromatic carbocycles. The number of amides is 1. The van der Waals surface area contributed by atoms with Gasteiger partial charge in [0.1, 0.15) is 5.82 Å². The van der Waals surface area contributed by atoms with Crippen molar-refractivity contribution in [1.29, 1.82) is 0 Å². The number of carbonyl (C=O) groups is 2. The van der Waals surface area contributed by atoms with Crippen LogP contribution in [0.15, 0.2) is 33.1 Å². The fraction of sp³-hybridized carbons (Fsp3) is 0.312. The number of ether oxygens (including phenoxy) is 2. The summed E-state index contributed by atoms with van der Waals surface area (Å²) < 4.78 is 51.2. The van der Waals surface area contributed by atoms with E-state index in [0.29, 0.717) is 8.92 Å². The van der Waals surface area contributed by atoms with Gasteiger partial charge in [0.05, 0.1) is 33.7 Å². The number of esters is 1. The Morgan fingerprint density at radius 3 is 2.72 bits per heavy atom. The smallest absolute Gasteiger partial charge is 0.341 e. The van der Waals surface area contributed by atoms with Crippen LogP contribution in [0.1, 0.15) is 10.4 Å². The van der Waals surface area contributed by atoms with Gasteiger partial charge in [0.25, 0.3) is 5.91 Å². The van der Waals surface area contributed by atoms with Crippen molar-refractivity contribution in [2.24, 2.45) is 0 Å². The summed E-state index contributed by atoms with van der Waals surface area (Å²) in [6.45, 7) is 0.134. The molecule has 156 valence electrons. The zero-order chi connectivity index (χ0) is 21.0. The van der Waals surface area contributed by atoms with Crippen LogP contribution in [-0.4, -0.2) is 62.5 Å². The highest BCUT2D eigenvalue weighted by Gasteiger charge is 2.28. The summed E-state index contributed by atoms with van der Waals surface area (Å²) in [5, 5.41) is 2.71. The van der Waals surface area contributed by atoms with E-state index >= 15 is 0 Å². The molecule has 0 spiro atoms. The number of morpholine rings is 1. The molecule has 29 heavy (non-hydrogen) atoms. The number of nitrogens with zero attached hydrogens (tertiary/aromatic N) is 2. The molecule has 1 aromatic heterocycles. The van der Waals surface area contributed by atoms with Gasteiger partial charge in [-0.15, -0.1) is 0 Å². The number of sulfonamides is 1. The van der Waals surface area contributed by atoms with E-state index in [2.05, 4.69) is 26.2 Å². The Labute approximate surface area is 178 Å². The summed E-state index contributed by atoms with van der Waals surface area (Å²) in [4.78, 5) is 27.7. The highest BCUT2D eigenvalue weighted by molar-refractivity contribution is 9.11. The lowest BCUT2D eigenvalue weighted by Crippen LogP contribution is -2.40. The Kier molecular flexibility index (Phi) is 6.95. The molecule has 1 aliphatic heterocycles. The quantitative estimate of drug-likeness (QED) is 0.593. The second kappa shape index (κ2) is 9.26. The van der Waals surface area contributed by atoms with Crippen molar-refractivity contribution in [2.45, 2.75) is 4.90 Å².